The SMILES string of the molecule is CCN1CCCC(Nc2nc(Nc3cc(Cl)cc(Cl)c3)nc3ccc(Cl)cc23)C1.Cl.Cl. The van der Waals surface area contributed by atoms with E-state index in [0.29, 0.717) is 27.1 Å². The molecule has 10 heteroatoms. The van der Waals surface area contributed by atoms with Crippen LogP contribution in [0.1, 0.15) is 19.8 Å². The van der Waals surface area contributed by atoms with Crippen molar-refractivity contribution in [2.75, 3.05) is 30.3 Å². The quantitative estimate of drug-likeness (QED) is 0.374. The molecule has 0 amide bonds. The van der Waals surface area contributed by atoms with Crippen LogP contribution in [0.5, 0.6) is 0 Å². The lowest BCUT2D eigenvalue weighted by Gasteiger charge is -2.32. The Morgan fingerprint density at radius 1 is 1.00 bits per heavy atom. The average molecular weight is 524 g/mol. The third kappa shape index (κ3) is 6.64. The summed E-state index contributed by atoms with van der Waals surface area (Å²) in [5, 5.41) is 9.50. The standard InChI is InChI=1S/C21H22Cl3N5.2ClH/c1-2-29-7-3-4-16(12-29)25-20-18-11-13(22)5-6-19(18)27-21(28-20)26-17-9-14(23)8-15(24)10-17;;/h5-6,8-11,16H,2-4,7,12H2,1H3,(H2,25,26,27,28);2*1H. The van der Waals surface area contributed by atoms with Gasteiger partial charge in [0.25, 0.3) is 0 Å². The van der Waals surface area contributed by atoms with Crippen molar-refractivity contribution >= 4 is 88.0 Å². The number of hydrogen-bond acceptors (Lipinski definition) is 5. The Morgan fingerprint density at radius 2 is 1.74 bits per heavy atom. The van der Waals surface area contributed by atoms with Gasteiger partial charge >= 0.3 is 0 Å². The number of benzene rings is 2. The van der Waals surface area contributed by atoms with E-state index in [2.05, 4.69) is 27.4 Å². The Bertz CT molecular complexity index is 1010. The van der Waals surface area contributed by atoms with Crippen LogP contribution < -0.4 is 10.6 Å². The van der Waals surface area contributed by atoms with Crippen molar-refractivity contribution in [3.8, 4) is 0 Å². The predicted octanol–water partition coefficient (Wildman–Crippen LogP) is 7.07. The molecule has 1 atom stereocenters. The zero-order valence-corrected chi connectivity index (χ0v) is 20.8. The summed E-state index contributed by atoms with van der Waals surface area (Å²) < 4.78 is 0. The van der Waals surface area contributed by atoms with Crippen LogP contribution in [0, 0.1) is 0 Å². The Kier molecular flexibility index (Phi) is 9.74. The van der Waals surface area contributed by atoms with Gasteiger partial charge in [-0.2, -0.15) is 4.98 Å². The Balaban J connectivity index is 0.00000171. The normalized spacial score (nSPS) is 16.3. The molecule has 0 bridgehead atoms. The van der Waals surface area contributed by atoms with Gasteiger partial charge in [-0.25, -0.2) is 4.98 Å². The van der Waals surface area contributed by atoms with Crippen molar-refractivity contribution < 1.29 is 0 Å². The number of rotatable bonds is 5. The molecule has 0 radical (unpaired) electrons. The van der Waals surface area contributed by atoms with Gasteiger partial charge in [-0.05, 0) is 62.3 Å². The van der Waals surface area contributed by atoms with E-state index in [1.54, 1.807) is 18.2 Å². The first kappa shape index (κ1) is 26.0. The highest BCUT2D eigenvalue weighted by Crippen LogP contribution is 2.29. The molecule has 1 saturated heterocycles. The van der Waals surface area contributed by atoms with Crippen LogP contribution in [-0.4, -0.2) is 40.5 Å². The lowest BCUT2D eigenvalue weighted by molar-refractivity contribution is 0.226. The third-order valence-electron chi connectivity index (χ3n) is 5.07. The van der Waals surface area contributed by atoms with Crippen molar-refractivity contribution in [1.82, 2.24) is 14.9 Å². The van der Waals surface area contributed by atoms with E-state index in [0.717, 1.165) is 48.5 Å². The van der Waals surface area contributed by atoms with Gasteiger partial charge in [-0.15, -0.1) is 24.8 Å². The summed E-state index contributed by atoms with van der Waals surface area (Å²) in [6.07, 6.45) is 2.27. The molecule has 31 heavy (non-hydrogen) atoms. The molecule has 0 aliphatic carbocycles. The van der Waals surface area contributed by atoms with Gasteiger partial charge in [0.15, 0.2) is 0 Å². The summed E-state index contributed by atoms with van der Waals surface area (Å²) in [6, 6.07) is 11.2. The molecule has 2 heterocycles. The Labute approximate surface area is 209 Å². The Hall–Kier alpha value is -1.21. The van der Waals surface area contributed by atoms with Gasteiger partial charge in [0.1, 0.15) is 5.82 Å². The highest BCUT2D eigenvalue weighted by molar-refractivity contribution is 6.35. The number of halogens is 5. The van der Waals surface area contributed by atoms with Crippen LogP contribution in [0.15, 0.2) is 36.4 Å². The van der Waals surface area contributed by atoms with Crippen LogP contribution in [0.25, 0.3) is 10.9 Å². The summed E-state index contributed by atoms with van der Waals surface area (Å²) >= 11 is 18.5. The molecule has 168 valence electrons. The maximum atomic E-state index is 6.25. The van der Waals surface area contributed by atoms with Crippen LogP contribution >= 0.6 is 59.6 Å². The fourth-order valence-electron chi connectivity index (χ4n) is 3.68. The maximum Gasteiger partial charge on any atom is 0.229 e. The molecule has 2 aromatic carbocycles. The van der Waals surface area contributed by atoms with E-state index >= 15 is 0 Å². The minimum Gasteiger partial charge on any atom is -0.365 e. The van der Waals surface area contributed by atoms with Gasteiger partial charge in [-0.3, -0.25) is 0 Å². The number of anilines is 3. The summed E-state index contributed by atoms with van der Waals surface area (Å²) in [4.78, 5) is 11.8. The lowest BCUT2D eigenvalue weighted by atomic mass is 10.1. The van der Waals surface area contributed by atoms with E-state index < -0.39 is 0 Å². The largest absolute Gasteiger partial charge is 0.365 e. The number of hydrogen-bond donors (Lipinski definition) is 2. The monoisotopic (exact) mass is 521 g/mol. The molecule has 1 aliphatic heterocycles. The van der Waals surface area contributed by atoms with E-state index in [9.17, 15) is 0 Å². The van der Waals surface area contributed by atoms with Gasteiger partial charge in [0.2, 0.25) is 5.95 Å². The Morgan fingerprint density at radius 3 is 2.45 bits per heavy atom. The van der Waals surface area contributed by atoms with Crippen molar-refractivity contribution in [2.24, 2.45) is 0 Å². The molecule has 4 rings (SSSR count). The third-order valence-corrected chi connectivity index (χ3v) is 5.74. The average Bonchev–Trinajstić information content (AvgIpc) is 2.68. The lowest BCUT2D eigenvalue weighted by Crippen LogP contribution is -2.42. The number of likely N-dealkylation sites (N-methyl/N-ethyl adjacent to an activating group) is 1. The summed E-state index contributed by atoms with van der Waals surface area (Å²) in [5.41, 5.74) is 1.54. The number of nitrogens with one attached hydrogen (secondary N) is 2. The van der Waals surface area contributed by atoms with Crippen LogP contribution in [0.4, 0.5) is 17.5 Å². The summed E-state index contributed by atoms with van der Waals surface area (Å²) in [5.74, 6) is 1.25. The minimum absolute atomic E-state index is 0. The van der Waals surface area contributed by atoms with Gasteiger partial charge in [0.05, 0.1) is 5.52 Å². The number of likely N-dealkylation sites (tertiary alicyclic amines) is 1. The molecule has 2 N–H and O–H groups in total. The highest BCUT2D eigenvalue weighted by atomic mass is 35.5. The molecule has 0 saturated carbocycles. The number of piperidine rings is 1. The number of nitrogens with zero attached hydrogens (tertiary/aromatic N) is 3. The van der Waals surface area contributed by atoms with E-state index in [1.165, 1.54) is 6.42 Å². The van der Waals surface area contributed by atoms with Crippen LogP contribution in [0.3, 0.4) is 0 Å². The van der Waals surface area contributed by atoms with Crippen LogP contribution in [0.2, 0.25) is 15.1 Å². The zero-order valence-electron chi connectivity index (χ0n) is 16.9. The van der Waals surface area contributed by atoms with Gasteiger partial charge in [-0.1, -0.05) is 41.7 Å². The molecule has 3 aromatic rings. The topological polar surface area (TPSA) is 53.1 Å². The molecule has 1 aromatic heterocycles. The first-order chi connectivity index (χ1) is 14.0. The minimum atomic E-state index is 0. The summed E-state index contributed by atoms with van der Waals surface area (Å²) in [6.45, 7) is 5.39. The van der Waals surface area contributed by atoms with E-state index in [-0.39, 0.29) is 24.8 Å². The summed E-state index contributed by atoms with van der Waals surface area (Å²) in [7, 11) is 0. The molecule has 1 unspecified atom stereocenters. The van der Waals surface area contributed by atoms with Crippen molar-refractivity contribution in [3.05, 3.63) is 51.5 Å². The fourth-order valence-corrected chi connectivity index (χ4v) is 4.37. The van der Waals surface area contributed by atoms with Crippen LogP contribution in [-0.2, 0) is 0 Å². The van der Waals surface area contributed by atoms with Crippen molar-refractivity contribution in [3.63, 3.8) is 0 Å². The second-order valence-electron chi connectivity index (χ2n) is 7.22. The van der Waals surface area contributed by atoms with Gasteiger partial charge in [0, 0.05) is 38.7 Å². The highest BCUT2D eigenvalue weighted by Gasteiger charge is 2.20. The van der Waals surface area contributed by atoms with Gasteiger partial charge < -0.3 is 15.5 Å². The van der Waals surface area contributed by atoms with Crippen molar-refractivity contribution in [1.29, 1.82) is 0 Å². The molecule has 1 fully saturated rings. The molecular weight excluding hydrogens is 500 g/mol. The number of fused-ring (bicyclic) bond motifs is 1. The molecule has 0 spiro atoms. The second-order valence-corrected chi connectivity index (χ2v) is 8.53. The molecule has 1 aliphatic rings. The zero-order chi connectivity index (χ0) is 20.4. The second kappa shape index (κ2) is 11.6. The van der Waals surface area contributed by atoms with E-state index in [1.807, 2.05) is 18.2 Å². The smallest absolute Gasteiger partial charge is 0.229 e. The number of aromatic nitrogens is 2. The maximum absolute atomic E-state index is 6.25. The van der Waals surface area contributed by atoms with E-state index in [4.69, 9.17) is 39.8 Å². The molecular formula is C21H24Cl5N5. The predicted molar refractivity (Wildman–Crippen MR) is 138 cm³/mol. The first-order valence-electron chi connectivity index (χ1n) is 9.69. The van der Waals surface area contributed by atoms with Crippen molar-refractivity contribution in [2.45, 2.75) is 25.8 Å². The molecule has 5 nitrogen and oxygen atoms in total. The fraction of sp³-hybridized carbons (Fsp3) is 0.333. The first-order valence-corrected chi connectivity index (χ1v) is 10.8.